The van der Waals surface area contributed by atoms with E-state index in [9.17, 15) is 15.2 Å². The molecule has 5 nitrogen and oxygen atoms in total. The zero-order valence-corrected chi connectivity index (χ0v) is 13.5. The van der Waals surface area contributed by atoms with Crippen molar-refractivity contribution in [3.8, 4) is 17.6 Å². The second-order valence-electron chi connectivity index (χ2n) is 5.41. The second-order valence-corrected chi connectivity index (χ2v) is 5.41. The average Bonchev–Trinajstić information content (AvgIpc) is 2.55. The van der Waals surface area contributed by atoms with Crippen molar-refractivity contribution in [3.63, 3.8) is 0 Å². The standard InChI is InChI=1S/C19H18N2O3/c1-13(2)24-18-9-3-14(4-10-18)11-15(12-20)19(23)21-16-5-7-17(22)8-6-16/h3-11,13,22H,1-2H3,(H,21,23). The van der Waals surface area contributed by atoms with Crippen molar-refractivity contribution in [2.45, 2.75) is 20.0 Å². The largest absolute Gasteiger partial charge is 0.508 e. The Balaban J connectivity index is 2.11. The molecular weight excluding hydrogens is 304 g/mol. The minimum Gasteiger partial charge on any atom is -0.508 e. The van der Waals surface area contributed by atoms with Gasteiger partial charge in [0.05, 0.1) is 6.10 Å². The summed E-state index contributed by atoms with van der Waals surface area (Å²) in [6, 6.07) is 15.1. The number of hydrogen-bond donors (Lipinski definition) is 2. The first-order chi connectivity index (χ1) is 11.5. The van der Waals surface area contributed by atoms with E-state index >= 15 is 0 Å². The summed E-state index contributed by atoms with van der Waals surface area (Å²) in [4.78, 5) is 12.2. The van der Waals surface area contributed by atoms with Gasteiger partial charge in [-0.05, 0) is 61.9 Å². The van der Waals surface area contributed by atoms with Crippen LogP contribution < -0.4 is 10.1 Å². The fourth-order valence-corrected chi connectivity index (χ4v) is 1.97. The van der Waals surface area contributed by atoms with Gasteiger partial charge in [0.15, 0.2) is 0 Å². The van der Waals surface area contributed by atoms with E-state index < -0.39 is 5.91 Å². The molecule has 0 aromatic heterocycles. The second kappa shape index (κ2) is 7.84. The van der Waals surface area contributed by atoms with E-state index in [1.54, 1.807) is 36.4 Å². The number of aromatic hydroxyl groups is 1. The van der Waals surface area contributed by atoms with Crippen LogP contribution in [0.3, 0.4) is 0 Å². The number of phenols is 1. The van der Waals surface area contributed by atoms with Crippen molar-refractivity contribution < 1.29 is 14.6 Å². The molecule has 2 aromatic carbocycles. The number of anilines is 1. The number of carbonyl (C=O) groups is 1. The van der Waals surface area contributed by atoms with E-state index in [0.717, 1.165) is 11.3 Å². The van der Waals surface area contributed by atoms with Gasteiger partial charge in [-0.2, -0.15) is 5.26 Å². The molecule has 0 saturated carbocycles. The molecule has 2 rings (SSSR count). The zero-order chi connectivity index (χ0) is 17.5. The molecule has 0 unspecified atom stereocenters. The molecular formula is C19H18N2O3. The zero-order valence-electron chi connectivity index (χ0n) is 13.5. The summed E-state index contributed by atoms with van der Waals surface area (Å²) in [7, 11) is 0. The Morgan fingerprint density at radius 2 is 1.79 bits per heavy atom. The summed E-state index contributed by atoms with van der Waals surface area (Å²) >= 11 is 0. The van der Waals surface area contributed by atoms with Crippen molar-refractivity contribution in [1.82, 2.24) is 0 Å². The number of benzene rings is 2. The lowest BCUT2D eigenvalue weighted by molar-refractivity contribution is -0.112. The number of ether oxygens (including phenoxy) is 1. The Morgan fingerprint density at radius 1 is 1.17 bits per heavy atom. The van der Waals surface area contributed by atoms with Gasteiger partial charge in [-0.1, -0.05) is 12.1 Å². The van der Waals surface area contributed by atoms with Crippen molar-refractivity contribution in [2.75, 3.05) is 5.32 Å². The highest BCUT2D eigenvalue weighted by Crippen LogP contribution is 2.17. The molecule has 1 amide bonds. The molecule has 2 aromatic rings. The number of hydrogen-bond acceptors (Lipinski definition) is 4. The summed E-state index contributed by atoms with van der Waals surface area (Å²) in [6.45, 7) is 3.88. The summed E-state index contributed by atoms with van der Waals surface area (Å²) in [6.07, 6.45) is 1.59. The highest BCUT2D eigenvalue weighted by Gasteiger charge is 2.09. The number of nitrogens with one attached hydrogen (secondary N) is 1. The van der Waals surface area contributed by atoms with Crippen LogP contribution in [0, 0.1) is 11.3 Å². The van der Waals surface area contributed by atoms with Crippen LogP contribution in [-0.2, 0) is 4.79 Å². The van der Waals surface area contributed by atoms with E-state index in [1.807, 2.05) is 19.9 Å². The molecule has 0 aliphatic carbocycles. The summed E-state index contributed by atoms with van der Waals surface area (Å²) in [5, 5.41) is 21.1. The number of amides is 1. The molecule has 5 heteroatoms. The van der Waals surface area contributed by atoms with Gasteiger partial charge < -0.3 is 15.2 Å². The lowest BCUT2D eigenvalue weighted by atomic mass is 10.1. The number of rotatable bonds is 5. The highest BCUT2D eigenvalue weighted by atomic mass is 16.5. The van der Waals surface area contributed by atoms with Crippen LogP contribution in [0.5, 0.6) is 11.5 Å². The van der Waals surface area contributed by atoms with E-state index in [2.05, 4.69) is 5.32 Å². The van der Waals surface area contributed by atoms with Gasteiger partial charge >= 0.3 is 0 Å². The molecule has 0 heterocycles. The van der Waals surface area contributed by atoms with Crippen molar-refractivity contribution in [1.29, 1.82) is 5.26 Å². The monoisotopic (exact) mass is 322 g/mol. The van der Waals surface area contributed by atoms with Gasteiger partial charge in [0.1, 0.15) is 23.1 Å². The molecule has 0 spiro atoms. The van der Waals surface area contributed by atoms with E-state index in [0.29, 0.717) is 5.69 Å². The number of nitriles is 1. The number of phenolic OH excluding ortho intramolecular Hbond substituents is 1. The molecule has 0 aliphatic rings. The Morgan fingerprint density at radius 3 is 2.33 bits per heavy atom. The minimum atomic E-state index is -0.509. The Hall–Kier alpha value is -3.26. The van der Waals surface area contributed by atoms with Crippen molar-refractivity contribution >= 4 is 17.7 Å². The lowest BCUT2D eigenvalue weighted by Crippen LogP contribution is -2.13. The highest BCUT2D eigenvalue weighted by molar-refractivity contribution is 6.09. The van der Waals surface area contributed by atoms with Crippen LogP contribution in [0.15, 0.2) is 54.1 Å². The fourth-order valence-electron chi connectivity index (χ4n) is 1.97. The third-order valence-electron chi connectivity index (χ3n) is 3.05. The first-order valence-corrected chi connectivity index (χ1v) is 7.47. The molecule has 2 N–H and O–H groups in total. The normalized spacial score (nSPS) is 11.0. The van der Waals surface area contributed by atoms with E-state index in [4.69, 9.17) is 4.74 Å². The van der Waals surface area contributed by atoms with Crippen LogP contribution in [-0.4, -0.2) is 17.1 Å². The Labute approximate surface area is 140 Å². The maximum absolute atomic E-state index is 12.2. The van der Waals surface area contributed by atoms with Crippen LogP contribution in [0.25, 0.3) is 6.08 Å². The summed E-state index contributed by atoms with van der Waals surface area (Å²) in [5.41, 5.74) is 1.21. The maximum atomic E-state index is 12.2. The molecule has 24 heavy (non-hydrogen) atoms. The van der Waals surface area contributed by atoms with Crippen LogP contribution in [0.1, 0.15) is 19.4 Å². The molecule has 0 atom stereocenters. The maximum Gasteiger partial charge on any atom is 0.266 e. The van der Waals surface area contributed by atoms with Crippen molar-refractivity contribution in [3.05, 3.63) is 59.7 Å². The molecule has 0 bridgehead atoms. The summed E-state index contributed by atoms with van der Waals surface area (Å²) < 4.78 is 5.55. The quantitative estimate of drug-likeness (QED) is 0.499. The van der Waals surface area contributed by atoms with Crippen LogP contribution in [0.4, 0.5) is 5.69 Å². The van der Waals surface area contributed by atoms with Gasteiger partial charge in [0, 0.05) is 5.69 Å². The molecule has 122 valence electrons. The Bertz CT molecular complexity index is 770. The SMILES string of the molecule is CC(C)Oc1ccc(C=C(C#N)C(=O)Nc2ccc(O)cc2)cc1. The van der Waals surface area contributed by atoms with Crippen LogP contribution >= 0.6 is 0 Å². The minimum absolute atomic E-state index is 0.0133. The Kier molecular flexibility index (Phi) is 5.58. The van der Waals surface area contributed by atoms with Crippen LogP contribution in [0.2, 0.25) is 0 Å². The van der Waals surface area contributed by atoms with Gasteiger partial charge in [-0.15, -0.1) is 0 Å². The van der Waals surface area contributed by atoms with E-state index in [1.165, 1.54) is 18.2 Å². The topological polar surface area (TPSA) is 82.3 Å². The first-order valence-electron chi connectivity index (χ1n) is 7.47. The van der Waals surface area contributed by atoms with Gasteiger partial charge in [0.2, 0.25) is 0 Å². The predicted molar refractivity (Wildman–Crippen MR) is 92.5 cm³/mol. The van der Waals surface area contributed by atoms with Gasteiger partial charge in [-0.3, -0.25) is 4.79 Å². The number of nitrogens with zero attached hydrogens (tertiary/aromatic N) is 1. The smallest absolute Gasteiger partial charge is 0.266 e. The molecule has 0 radical (unpaired) electrons. The summed E-state index contributed by atoms with van der Waals surface area (Å²) in [5.74, 6) is 0.327. The van der Waals surface area contributed by atoms with Gasteiger partial charge in [0.25, 0.3) is 5.91 Å². The average molecular weight is 322 g/mol. The fraction of sp³-hybridized carbons (Fsp3) is 0.158. The molecule has 0 aliphatic heterocycles. The first kappa shape index (κ1) is 17.1. The lowest BCUT2D eigenvalue weighted by Gasteiger charge is -2.09. The van der Waals surface area contributed by atoms with Crippen molar-refractivity contribution in [2.24, 2.45) is 0 Å². The van der Waals surface area contributed by atoms with E-state index in [-0.39, 0.29) is 17.4 Å². The number of carbonyl (C=O) groups excluding carboxylic acids is 1. The van der Waals surface area contributed by atoms with Gasteiger partial charge in [-0.25, -0.2) is 0 Å². The third kappa shape index (κ3) is 4.89. The molecule has 0 fully saturated rings. The predicted octanol–water partition coefficient (Wildman–Crippen LogP) is 3.73. The molecule has 0 saturated heterocycles. The third-order valence-corrected chi connectivity index (χ3v) is 3.05.